The van der Waals surface area contributed by atoms with E-state index < -0.39 is 40.0 Å². The number of carbonyl (C=O) groups is 2. The summed E-state index contributed by atoms with van der Waals surface area (Å²) in [5.74, 6) is -0.369. The molecule has 0 amide bonds. The lowest BCUT2D eigenvalue weighted by Crippen LogP contribution is -2.69. The molecule has 8 unspecified atom stereocenters. The van der Waals surface area contributed by atoms with Gasteiger partial charge in [0.2, 0.25) is 0 Å². The van der Waals surface area contributed by atoms with Crippen LogP contribution in [0.2, 0.25) is 0 Å². The summed E-state index contributed by atoms with van der Waals surface area (Å²) in [5.41, 5.74) is -3.10. The Kier molecular flexibility index (Phi) is 7.30. The van der Waals surface area contributed by atoms with Crippen molar-refractivity contribution in [3.8, 4) is 0 Å². The lowest BCUT2D eigenvalue weighted by atomic mass is 9.42. The number of aliphatic hydroxyl groups excluding tert-OH is 2. The van der Waals surface area contributed by atoms with Gasteiger partial charge in [0, 0.05) is 48.8 Å². The number of esters is 1. The van der Waals surface area contributed by atoms with E-state index in [0.29, 0.717) is 31.6 Å². The molecule has 2 bridgehead atoms. The number of rotatable bonds is 5. The minimum Gasteiger partial charge on any atom is -0.458 e. The molecule has 3 saturated carbocycles. The van der Waals surface area contributed by atoms with E-state index in [4.69, 9.17) is 4.74 Å². The van der Waals surface area contributed by atoms with Gasteiger partial charge in [-0.1, -0.05) is 40.7 Å². The maximum atomic E-state index is 13.6. The lowest BCUT2D eigenvalue weighted by Gasteiger charge is -2.64. The average molecular weight is 505 g/mol. The number of Topliss-reactive ketones (excluding diaryl/α,β-unsaturated/α-hetero) is 1. The van der Waals surface area contributed by atoms with Crippen LogP contribution in [0.1, 0.15) is 73.6 Å². The number of nitrogens with one attached hydrogen (secondary N) is 1. The van der Waals surface area contributed by atoms with Crippen molar-refractivity contribution in [1.29, 1.82) is 0 Å². The van der Waals surface area contributed by atoms with Crippen molar-refractivity contribution in [2.45, 2.75) is 97.5 Å². The van der Waals surface area contributed by atoms with Gasteiger partial charge in [-0.3, -0.25) is 14.5 Å². The average Bonchev–Trinajstić information content (AvgIpc) is 3.18. The van der Waals surface area contributed by atoms with Gasteiger partial charge in [-0.25, -0.2) is 0 Å². The zero-order valence-electron chi connectivity index (χ0n) is 23.2. The summed E-state index contributed by atoms with van der Waals surface area (Å²) in [6.07, 6.45) is 2.75. The van der Waals surface area contributed by atoms with Crippen molar-refractivity contribution in [1.82, 2.24) is 10.2 Å². The molecule has 0 aromatic heterocycles. The number of nitrogens with zero attached hydrogens (tertiary/aromatic N) is 1. The van der Waals surface area contributed by atoms with Crippen LogP contribution in [0.15, 0.2) is 12.7 Å². The predicted molar refractivity (Wildman–Crippen MR) is 139 cm³/mol. The van der Waals surface area contributed by atoms with Gasteiger partial charge < -0.3 is 20.3 Å². The summed E-state index contributed by atoms with van der Waals surface area (Å²) in [7, 11) is 0. The summed E-state index contributed by atoms with van der Waals surface area (Å²) >= 11 is 0. The minimum absolute atomic E-state index is 0.127. The van der Waals surface area contributed by atoms with Crippen LogP contribution in [0.5, 0.6) is 0 Å². The molecular weight excluding hydrogens is 456 g/mol. The van der Waals surface area contributed by atoms with Gasteiger partial charge in [0.15, 0.2) is 0 Å². The van der Waals surface area contributed by atoms with E-state index in [1.807, 2.05) is 20.8 Å². The van der Waals surface area contributed by atoms with Crippen molar-refractivity contribution in [3.05, 3.63) is 12.7 Å². The molecule has 0 radical (unpaired) electrons. The van der Waals surface area contributed by atoms with Gasteiger partial charge in [0.1, 0.15) is 11.4 Å². The van der Waals surface area contributed by atoms with E-state index in [2.05, 4.69) is 37.6 Å². The van der Waals surface area contributed by atoms with Crippen LogP contribution in [0.3, 0.4) is 0 Å². The quantitative estimate of drug-likeness (QED) is 0.391. The van der Waals surface area contributed by atoms with Gasteiger partial charge in [0.25, 0.3) is 0 Å². The summed E-state index contributed by atoms with van der Waals surface area (Å²) < 4.78 is 6.38. The third kappa shape index (κ3) is 4.00. The maximum Gasteiger partial charge on any atom is 0.320 e. The van der Waals surface area contributed by atoms with Gasteiger partial charge >= 0.3 is 5.97 Å². The van der Waals surface area contributed by atoms with E-state index in [-0.39, 0.29) is 36.7 Å². The molecule has 9 atom stereocenters. The Labute approximate surface area is 217 Å². The Hall–Kier alpha value is -1.28. The van der Waals surface area contributed by atoms with Crippen LogP contribution >= 0.6 is 0 Å². The number of piperazine rings is 1. The highest BCUT2D eigenvalue weighted by Crippen LogP contribution is 2.69. The van der Waals surface area contributed by atoms with Crippen molar-refractivity contribution in [2.75, 3.05) is 26.2 Å². The number of carbonyl (C=O) groups excluding carboxylic acids is 2. The van der Waals surface area contributed by atoms with Gasteiger partial charge in [-0.05, 0) is 49.9 Å². The Balaban J connectivity index is 1.69. The van der Waals surface area contributed by atoms with Crippen LogP contribution in [-0.4, -0.2) is 76.9 Å². The monoisotopic (exact) mass is 504 g/mol. The van der Waals surface area contributed by atoms with Gasteiger partial charge in [-0.15, -0.1) is 6.58 Å². The number of ketones is 1. The highest BCUT2D eigenvalue weighted by Gasteiger charge is 2.72. The second kappa shape index (κ2) is 9.48. The van der Waals surface area contributed by atoms with Crippen LogP contribution in [-0.2, 0) is 14.3 Å². The third-order valence-electron chi connectivity index (χ3n) is 11.2. The topological polar surface area (TPSA) is 99.1 Å². The molecule has 3 N–H and O–H groups in total. The first-order valence-electron chi connectivity index (χ1n) is 13.9. The van der Waals surface area contributed by atoms with E-state index in [0.717, 1.165) is 19.6 Å². The molecule has 1 aliphatic heterocycles. The first-order valence-corrected chi connectivity index (χ1v) is 13.9. The van der Waals surface area contributed by atoms with Crippen molar-refractivity contribution >= 4 is 11.8 Å². The molecule has 0 aromatic carbocycles. The molecule has 0 aromatic rings. The third-order valence-corrected chi connectivity index (χ3v) is 11.2. The van der Waals surface area contributed by atoms with Crippen molar-refractivity contribution in [2.24, 2.45) is 34.0 Å². The Morgan fingerprint density at radius 3 is 2.58 bits per heavy atom. The standard InChI is InChI=1S/C29H48N2O5/c1-8-26(5)15-22(33)28(7)24-21(32)9-10-29(24,19(4)25(26)35)12-11-27(28,6)36-23(34)17-31-14-13-30-16-20(31)18(2)3/h8,18-20,22,24-25,30,33,35H,1,9-17H2,2-7H3/t19?,20-,22?,24?,25?,26?,27?,28?,29?/m0/s1. The Morgan fingerprint density at radius 2 is 1.94 bits per heavy atom. The minimum atomic E-state index is -0.997. The fourth-order valence-electron chi connectivity index (χ4n) is 8.55. The Bertz CT molecular complexity index is 893. The summed E-state index contributed by atoms with van der Waals surface area (Å²) in [6.45, 7) is 18.9. The molecule has 7 nitrogen and oxygen atoms in total. The molecule has 4 fully saturated rings. The normalized spacial score (nSPS) is 47.7. The molecule has 0 spiro atoms. The second-order valence-electron chi connectivity index (χ2n) is 13.3. The van der Waals surface area contributed by atoms with E-state index in [9.17, 15) is 19.8 Å². The van der Waals surface area contributed by atoms with Crippen LogP contribution < -0.4 is 5.32 Å². The van der Waals surface area contributed by atoms with E-state index >= 15 is 0 Å². The zero-order valence-corrected chi connectivity index (χ0v) is 23.2. The highest BCUT2D eigenvalue weighted by atomic mass is 16.6. The predicted octanol–water partition coefficient (Wildman–Crippen LogP) is 2.94. The molecule has 36 heavy (non-hydrogen) atoms. The largest absolute Gasteiger partial charge is 0.458 e. The van der Waals surface area contributed by atoms with Gasteiger partial charge in [0.05, 0.1) is 18.8 Å². The fourth-order valence-corrected chi connectivity index (χ4v) is 8.55. The van der Waals surface area contributed by atoms with Gasteiger partial charge in [-0.2, -0.15) is 0 Å². The summed E-state index contributed by atoms with van der Waals surface area (Å²) in [6, 6.07) is 0.257. The fraction of sp³-hybridized carbons (Fsp3) is 0.862. The zero-order chi connectivity index (χ0) is 26.7. The smallest absolute Gasteiger partial charge is 0.320 e. The molecule has 4 aliphatic rings. The Morgan fingerprint density at radius 1 is 1.25 bits per heavy atom. The summed E-state index contributed by atoms with van der Waals surface area (Å²) in [5, 5.41) is 26.8. The number of aliphatic hydroxyl groups is 2. The number of ether oxygens (including phenoxy) is 1. The number of hydrogen-bond donors (Lipinski definition) is 3. The second-order valence-corrected chi connectivity index (χ2v) is 13.3. The molecule has 7 heteroatoms. The van der Waals surface area contributed by atoms with Crippen molar-refractivity contribution in [3.63, 3.8) is 0 Å². The first-order chi connectivity index (χ1) is 16.8. The lowest BCUT2D eigenvalue weighted by molar-refractivity contribution is -0.253. The highest BCUT2D eigenvalue weighted by molar-refractivity contribution is 5.86. The van der Waals surface area contributed by atoms with Crippen LogP contribution in [0, 0.1) is 34.0 Å². The molecular formula is C29H48N2O5. The molecule has 3 aliphatic carbocycles. The van der Waals surface area contributed by atoms with E-state index in [1.54, 1.807) is 6.08 Å². The molecule has 1 heterocycles. The van der Waals surface area contributed by atoms with Crippen LogP contribution in [0.25, 0.3) is 0 Å². The maximum absolute atomic E-state index is 13.6. The van der Waals surface area contributed by atoms with Crippen molar-refractivity contribution < 1.29 is 24.5 Å². The van der Waals surface area contributed by atoms with Crippen LogP contribution in [0.4, 0.5) is 0 Å². The molecule has 4 rings (SSSR count). The van der Waals surface area contributed by atoms with E-state index in [1.165, 1.54) is 0 Å². The molecule has 204 valence electrons. The molecule has 1 saturated heterocycles. The number of hydrogen-bond acceptors (Lipinski definition) is 7. The summed E-state index contributed by atoms with van der Waals surface area (Å²) in [4.78, 5) is 29.2. The first kappa shape index (κ1) is 27.7. The SMILES string of the molecule is C=CC1(C)CC(O)C2(C)C3C(=O)CCC3(CCC2(C)OC(=O)CN2CCNC[C@H]2C(C)C)C(C)C1O.